The van der Waals surface area contributed by atoms with Crippen LogP contribution in [-0.4, -0.2) is 76.2 Å². The molecule has 0 bridgehead atoms. The number of aromatic nitrogens is 2. The Hall–Kier alpha value is -3.20. The highest BCUT2D eigenvalue weighted by molar-refractivity contribution is 5.98. The number of benzene rings is 1. The molecule has 9 heteroatoms. The van der Waals surface area contributed by atoms with Gasteiger partial charge in [0, 0.05) is 58.4 Å². The van der Waals surface area contributed by atoms with Gasteiger partial charge in [0.1, 0.15) is 5.69 Å². The summed E-state index contributed by atoms with van der Waals surface area (Å²) in [5.74, 6) is -0.485. The Balaban J connectivity index is 1.38. The number of ether oxygens (including phenoxy) is 1. The molecule has 1 atom stereocenters. The first-order chi connectivity index (χ1) is 17.0. The van der Waals surface area contributed by atoms with Crippen molar-refractivity contribution in [1.82, 2.24) is 24.9 Å². The molecule has 1 saturated heterocycles. The van der Waals surface area contributed by atoms with Gasteiger partial charge in [-0.1, -0.05) is 24.3 Å². The number of rotatable bonds is 9. The normalized spacial score (nSPS) is 17.7. The summed E-state index contributed by atoms with van der Waals surface area (Å²) in [6.45, 7) is 7.67. The van der Waals surface area contributed by atoms with Gasteiger partial charge in [0.25, 0.3) is 11.8 Å². The van der Waals surface area contributed by atoms with Gasteiger partial charge in [-0.25, -0.2) is 0 Å². The van der Waals surface area contributed by atoms with Gasteiger partial charge in [-0.05, 0) is 44.2 Å². The van der Waals surface area contributed by atoms with Crippen LogP contribution in [0.1, 0.15) is 64.7 Å². The fourth-order valence-corrected chi connectivity index (χ4v) is 4.61. The van der Waals surface area contributed by atoms with Gasteiger partial charge in [0.2, 0.25) is 5.91 Å². The number of aryl methyl sites for hydroxylation is 2. The van der Waals surface area contributed by atoms with E-state index in [0.717, 1.165) is 37.0 Å². The van der Waals surface area contributed by atoms with Crippen LogP contribution in [0.5, 0.6) is 0 Å². The predicted molar refractivity (Wildman–Crippen MR) is 131 cm³/mol. The molecular weight excluding hydrogens is 446 g/mol. The van der Waals surface area contributed by atoms with Crippen molar-refractivity contribution in [2.45, 2.75) is 58.7 Å². The summed E-state index contributed by atoms with van der Waals surface area (Å²) in [6, 6.07) is 9.65. The third-order valence-electron chi connectivity index (χ3n) is 6.75. The predicted octanol–water partition coefficient (Wildman–Crippen LogP) is 2.39. The highest BCUT2D eigenvalue weighted by Crippen LogP contribution is 2.19. The third-order valence-corrected chi connectivity index (χ3v) is 6.75. The number of fused-ring (bicyclic) bond motifs is 1. The summed E-state index contributed by atoms with van der Waals surface area (Å²) < 4.78 is 7.18. The first-order valence-corrected chi connectivity index (χ1v) is 12.6. The fraction of sp³-hybridized carbons (Fsp3) is 0.538. The number of amides is 3. The molecule has 2 aromatic rings. The minimum atomic E-state index is -0.266. The molecule has 0 aliphatic carbocycles. The smallest absolute Gasteiger partial charge is 0.274 e. The molecule has 0 saturated carbocycles. The van der Waals surface area contributed by atoms with Crippen molar-refractivity contribution in [1.29, 1.82) is 0 Å². The maximum atomic E-state index is 13.3. The van der Waals surface area contributed by atoms with Crippen molar-refractivity contribution in [3.63, 3.8) is 0 Å². The zero-order valence-electron chi connectivity index (χ0n) is 20.7. The number of nitrogens with zero attached hydrogens (tertiary/aromatic N) is 4. The Morgan fingerprint density at radius 1 is 1.23 bits per heavy atom. The fourth-order valence-electron chi connectivity index (χ4n) is 4.61. The van der Waals surface area contributed by atoms with Gasteiger partial charge in [-0.2, -0.15) is 5.10 Å². The molecule has 0 radical (unpaired) electrons. The van der Waals surface area contributed by atoms with Gasteiger partial charge in [-0.3, -0.25) is 19.1 Å². The van der Waals surface area contributed by atoms with Crippen LogP contribution in [0.4, 0.5) is 0 Å². The van der Waals surface area contributed by atoms with E-state index in [2.05, 4.69) is 10.4 Å². The van der Waals surface area contributed by atoms with Gasteiger partial charge in [0.05, 0.1) is 6.10 Å². The second-order valence-corrected chi connectivity index (χ2v) is 9.22. The molecular formula is C26H35N5O4. The highest BCUT2D eigenvalue weighted by Gasteiger charge is 2.28. The molecule has 35 heavy (non-hydrogen) atoms. The lowest BCUT2D eigenvalue weighted by Gasteiger charge is -2.21. The standard InChI is InChI=1S/C26H35N5O4/c1-3-29(14-11-24(32)27-17-21-10-6-15-35-21)25(33)22-16-23-26(34)30(12-7-13-31(23)28-22)18-20-9-5-4-8-19(20)2/h4-5,8-9,16,21H,3,6-7,10-15,17-18H2,1-2H3,(H,27,32). The Kier molecular flexibility index (Phi) is 8.17. The summed E-state index contributed by atoms with van der Waals surface area (Å²) in [5, 5.41) is 7.36. The Bertz CT molecular complexity index is 1060. The molecule has 0 spiro atoms. The van der Waals surface area contributed by atoms with Crippen LogP contribution in [0.15, 0.2) is 30.3 Å². The lowest BCUT2D eigenvalue weighted by atomic mass is 10.1. The van der Waals surface area contributed by atoms with E-state index in [4.69, 9.17) is 4.74 Å². The Labute approximate surface area is 206 Å². The molecule has 4 rings (SSSR count). The quantitative estimate of drug-likeness (QED) is 0.593. The van der Waals surface area contributed by atoms with Crippen LogP contribution in [-0.2, 0) is 22.6 Å². The van der Waals surface area contributed by atoms with E-state index in [1.807, 2.05) is 43.0 Å². The average molecular weight is 482 g/mol. The van der Waals surface area contributed by atoms with Crippen molar-refractivity contribution in [3.8, 4) is 0 Å². The molecule has 9 nitrogen and oxygen atoms in total. The van der Waals surface area contributed by atoms with Crippen LogP contribution in [0.3, 0.4) is 0 Å². The molecule has 1 N–H and O–H groups in total. The summed E-state index contributed by atoms with van der Waals surface area (Å²) in [5.41, 5.74) is 2.94. The molecule has 1 aromatic heterocycles. The Morgan fingerprint density at radius 3 is 2.80 bits per heavy atom. The van der Waals surface area contributed by atoms with Crippen molar-refractivity contribution in [3.05, 3.63) is 52.8 Å². The van der Waals surface area contributed by atoms with Crippen molar-refractivity contribution >= 4 is 17.7 Å². The molecule has 1 fully saturated rings. The summed E-state index contributed by atoms with van der Waals surface area (Å²) >= 11 is 0. The molecule has 3 amide bonds. The van der Waals surface area contributed by atoms with E-state index in [-0.39, 0.29) is 35.9 Å². The zero-order chi connectivity index (χ0) is 24.8. The molecule has 188 valence electrons. The second kappa shape index (κ2) is 11.5. The van der Waals surface area contributed by atoms with Crippen molar-refractivity contribution in [2.75, 3.05) is 32.8 Å². The molecule has 1 aromatic carbocycles. The first-order valence-electron chi connectivity index (χ1n) is 12.6. The van der Waals surface area contributed by atoms with Gasteiger partial charge in [-0.15, -0.1) is 0 Å². The summed E-state index contributed by atoms with van der Waals surface area (Å²) in [6.07, 6.45) is 3.06. The molecule has 2 aliphatic heterocycles. The maximum absolute atomic E-state index is 13.3. The lowest BCUT2D eigenvalue weighted by molar-refractivity contribution is -0.121. The third kappa shape index (κ3) is 6.08. The number of hydrogen-bond acceptors (Lipinski definition) is 5. The average Bonchev–Trinajstić information content (AvgIpc) is 3.51. The van der Waals surface area contributed by atoms with Gasteiger partial charge < -0.3 is 19.9 Å². The van der Waals surface area contributed by atoms with Crippen molar-refractivity contribution < 1.29 is 19.1 Å². The summed E-state index contributed by atoms with van der Waals surface area (Å²) in [4.78, 5) is 42.1. The van der Waals surface area contributed by atoms with E-state index in [0.29, 0.717) is 45.0 Å². The number of carbonyl (C=O) groups excluding carboxylic acids is 3. The lowest BCUT2D eigenvalue weighted by Crippen LogP contribution is -2.37. The van der Waals surface area contributed by atoms with E-state index in [1.54, 1.807) is 15.6 Å². The topological polar surface area (TPSA) is 96.8 Å². The van der Waals surface area contributed by atoms with Crippen LogP contribution >= 0.6 is 0 Å². The van der Waals surface area contributed by atoms with E-state index < -0.39 is 0 Å². The van der Waals surface area contributed by atoms with E-state index >= 15 is 0 Å². The van der Waals surface area contributed by atoms with E-state index in [1.165, 1.54) is 0 Å². The van der Waals surface area contributed by atoms with Gasteiger partial charge >= 0.3 is 0 Å². The molecule has 1 unspecified atom stereocenters. The minimum absolute atomic E-state index is 0.0895. The van der Waals surface area contributed by atoms with Crippen LogP contribution in [0.2, 0.25) is 0 Å². The van der Waals surface area contributed by atoms with Crippen LogP contribution in [0.25, 0.3) is 0 Å². The Morgan fingerprint density at radius 2 is 2.06 bits per heavy atom. The van der Waals surface area contributed by atoms with Crippen LogP contribution < -0.4 is 5.32 Å². The summed E-state index contributed by atoms with van der Waals surface area (Å²) in [7, 11) is 0. The first kappa shape index (κ1) is 24.9. The molecule has 2 aliphatic rings. The van der Waals surface area contributed by atoms with Crippen molar-refractivity contribution in [2.24, 2.45) is 0 Å². The second-order valence-electron chi connectivity index (χ2n) is 9.22. The SMILES string of the molecule is CCN(CCC(=O)NCC1CCCO1)C(=O)c1cc2n(n1)CCCN(Cc1ccccc1C)C2=O. The largest absolute Gasteiger partial charge is 0.376 e. The maximum Gasteiger partial charge on any atom is 0.274 e. The molecule has 3 heterocycles. The minimum Gasteiger partial charge on any atom is -0.376 e. The monoisotopic (exact) mass is 481 g/mol. The van der Waals surface area contributed by atoms with Gasteiger partial charge in [0.15, 0.2) is 5.69 Å². The van der Waals surface area contributed by atoms with E-state index in [9.17, 15) is 14.4 Å². The highest BCUT2D eigenvalue weighted by atomic mass is 16.5. The number of hydrogen-bond donors (Lipinski definition) is 1. The number of carbonyl (C=O) groups is 3. The number of nitrogens with one attached hydrogen (secondary N) is 1. The van der Waals surface area contributed by atoms with Crippen LogP contribution in [0, 0.1) is 6.92 Å². The zero-order valence-corrected chi connectivity index (χ0v) is 20.7.